The number of amides is 1. The first-order chi connectivity index (χ1) is 11.8. The molecule has 1 aliphatic carbocycles. The highest BCUT2D eigenvalue weighted by Crippen LogP contribution is 2.37. The van der Waals surface area contributed by atoms with E-state index in [2.05, 4.69) is 0 Å². The molecule has 1 saturated carbocycles. The summed E-state index contributed by atoms with van der Waals surface area (Å²) < 4.78 is 25.6. The van der Waals surface area contributed by atoms with E-state index >= 15 is 0 Å². The van der Waals surface area contributed by atoms with Gasteiger partial charge in [0.15, 0.2) is 11.6 Å². The van der Waals surface area contributed by atoms with Crippen LogP contribution in [0.4, 0.5) is 9.18 Å². The molecule has 1 atom stereocenters. The molecule has 0 radical (unpaired) electrons. The third-order valence-corrected chi connectivity index (χ3v) is 4.67. The van der Waals surface area contributed by atoms with E-state index in [-0.39, 0.29) is 17.8 Å². The first-order valence-corrected chi connectivity index (χ1v) is 9.22. The maximum absolute atomic E-state index is 14.3. The molecular formula is C20H28FNO3. The van der Waals surface area contributed by atoms with Gasteiger partial charge >= 0.3 is 6.09 Å². The molecule has 4 nitrogen and oxygen atoms in total. The van der Waals surface area contributed by atoms with Crippen LogP contribution in [0.2, 0.25) is 0 Å². The van der Waals surface area contributed by atoms with Gasteiger partial charge in [-0.2, -0.15) is 0 Å². The minimum Gasteiger partial charge on any atom is -0.490 e. The lowest BCUT2D eigenvalue weighted by molar-refractivity contribution is 0.0197. The fraction of sp³-hybridized carbons (Fsp3) is 0.650. The molecule has 3 rings (SSSR count). The zero-order chi connectivity index (χ0) is 18.0. The van der Waals surface area contributed by atoms with E-state index in [0.717, 1.165) is 18.4 Å². The lowest BCUT2D eigenvalue weighted by Crippen LogP contribution is -2.42. The molecule has 1 heterocycles. The summed E-state index contributed by atoms with van der Waals surface area (Å²) in [6, 6.07) is 5.09. The van der Waals surface area contributed by atoms with Crippen LogP contribution in [0.25, 0.3) is 0 Å². The number of nitrogens with zero attached hydrogens (tertiary/aromatic N) is 1. The Morgan fingerprint density at radius 1 is 1.28 bits per heavy atom. The highest BCUT2D eigenvalue weighted by atomic mass is 19.1. The third-order valence-electron chi connectivity index (χ3n) is 4.67. The fourth-order valence-corrected chi connectivity index (χ4v) is 3.21. The van der Waals surface area contributed by atoms with Gasteiger partial charge in [-0.25, -0.2) is 9.18 Å². The second kappa shape index (κ2) is 7.22. The van der Waals surface area contributed by atoms with E-state index in [1.165, 1.54) is 18.9 Å². The van der Waals surface area contributed by atoms with E-state index < -0.39 is 5.60 Å². The van der Waals surface area contributed by atoms with E-state index in [1.54, 1.807) is 11.0 Å². The summed E-state index contributed by atoms with van der Waals surface area (Å²) in [5.41, 5.74) is 0.357. The topological polar surface area (TPSA) is 38.8 Å². The van der Waals surface area contributed by atoms with Crippen molar-refractivity contribution < 1.29 is 18.7 Å². The van der Waals surface area contributed by atoms with Gasteiger partial charge in [0.25, 0.3) is 0 Å². The molecule has 1 amide bonds. The van der Waals surface area contributed by atoms with Gasteiger partial charge in [-0.15, -0.1) is 0 Å². The lowest BCUT2D eigenvalue weighted by atomic mass is 9.90. The third kappa shape index (κ3) is 4.86. The summed E-state index contributed by atoms with van der Waals surface area (Å²) in [5, 5.41) is 0. The van der Waals surface area contributed by atoms with Crippen molar-refractivity contribution >= 4 is 6.09 Å². The van der Waals surface area contributed by atoms with Crippen molar-refractivity contribution in [3.63, 3.8) is 0 Å². The molecule has 138 valence electrons. The Morgan fingerprint density at radius 2 is 2.04 bits per heavy atom. The molecule has 0 aromatic heterocycles. The average Bonchev–Trinajstić information content (AvgIpc) is 3.36. The van der Waals surface area contributed by atoms with Gasteiger partial charge in [-0.05, 0) is 58.4 Å². The Labute approximate surface area is 149 Å². The number of hydrogen-bond acceptors (Lipinski definition) is 3. The number of carbonyl (C=O) groups excluding carboxylic acids is 1. The predicted molar refractivity (Wildman–Crippen MR) is 94.4 cm³/mol. The van der Waals surface area contributed by atoms with Crippen LogP contribution in [0, 0.1) is 11.7 Å². The van der Waals surface area contributed by atoms with Crippen LogP contribution >= 0.6 is 0 Å². The average molecular weight is 349 g/mol. The minimum atomic E-state index is -0.512. The highest BCUT2D eigenvalue weighted by Gasteiger charge is 2.31. The van der Waals surface area contributed by atoms with Gasteiger partial charge in [0.1, 0.15) is 5.60 Å². The maximum Gasteiger partial charge on any atom is 0.410 e. The Balaban J connectivity index is 1.72. The molecule has 5 heteroatoms. The minimum absolute atomic E-state index is 0.0752. The SMILES string of the molecule is CC(C)(C)OC(=O)N1CCC[C@H](c2cccc(F)c2OCC2CC2)C1. The van der Waals surface area contributed by atoms with Crippen LogP contribution in [-0.2, 0) is 4.74 Å². The van der Waals surface area contributed by atoms with Crippen molar-refractivity contribution in [2.75, 3.05) is 19.7 Å². The first-order valence-electron chi connectivity index (χ1n) is 9.22. The Kier molecular flexibility index (Phi) is 5.21. The second-order valence-electron chi connectivity index (χ2n) is 8.18. The number of rotatable bonds is 4. The monoisotopic (exact) mass is 349 g/mol. The number of hydrogen-bond donors (Lipinski definition) is 0. The van der Waals surface area contributed by atoms with Crippen LogP contribution in [0.1, 0.15) is 57.9 Å². The van der Waals surface area contributed by atoms with Crippen molar-refractivity contribution in [2.24, 2.45) is 5.92 Å². The molecule has 2 aliphatic rings. The Hall–Kier alpha value is -1.78. The summed E-state index contributed by atoms with van der Waals surface area (Å²) in [5.74, 6) is 0.696. The number of carbonyl (C=O) groups is 1. The molecule has 25 heavy (non-hydrogen) atoms. The maximum atomic E-state index is 14.3. The highest BCUT2D eigenvalue weighted by molar-refractivity contribution is 5.68. The van der Waals surface area contributed by atoms with Crippen LogP contribution in [0.3, 0.4) is 0 Å². The molecule has 0 spiro atoms. The normalized spacial score (nSPS) is 21.1. The van der Waals surface area contributed by atoms with Gasteiger partial charge < -0.3 is 14.4 Å². The molecule has 1 aliphatic heterocycles. The van der Waals surface area contributed by atoms with Crippen molar-refractivity contribution in [1.29, 1.82) is 0 Å². The van der Waals surface area contributed by atoms with Gasteiger partial charge in [0, 0.05) is 24.6 Å². The van der Waals surface area contributed by atoms with Crippen LogP contribution < -0.4 is 4.74 Å². The zero-order valence-corrected chi connectivity index (χ0v) is 15.4. The number of piperidine rings is 1. The van der Waals surface area contributed by atoms with Crippen molar-refractivity contribution in [3.05, 3.63) is 29.6 Å². The van der Waals surface area contributed by atoms with E-state index in [0.29, 0.717) is 31.4 Å². The van der Waals surface area contributed by atoms with Gasteiger partial charge in [-0.1, -0.05) is 12.1 Å². The van der Waals surface area contributed by atoms with Gasteiger partial charge in [0.05, 0.1) is 6.61 Å². The fourth-order valence-electron chi connectivity index (χ4n) is 3.21. The lowest BCUT2D eigenvalue weighted by Gasteiger charge is -2.34. The number of halogens is 1. The molecule has 0 bridgehead atoms. The van der Waals surface area contributed by atoms with Gasteiger partial charge in [0.2, 0.25) is 0 Å². The van der Waals surface area contributed by atoms with Crippen molar-refractivity contribution in [1.82, 2.24) is 4.90 Å². The number of benzene rings is 1. The molecular weight excluding hydrogens is 321 g/mol. The van der Waals surface area contributed by atoms with Crippen molar-refractivity contribution in [3.8, 4) is 5.75 Å². The van der Waals surface area contributed by atoms with E-state index in [1.807, 2.05) is 26.8 Å². The first kappa shape index (κ1) is 18.0. The summed E-state index contributed by atoms with van der Waals surface area (Å²) in [7, 11) is 0. The standard InChI is InChI=1S/C20H28FNO3/c1-20(2,3)25-19(23)22-11-5-6-15(12-22)16-7-4-8-17(21)18(16)24-13-14-9-10-14/h4,7-8,14-15H,5-6,9-13H2,1-3H3/t15-/m0/s1. The molecule has 1 aromatic rings. The Morgan fingerprint density at radius 3 is 2.72 bits per heavy atom. The molecule has 0 N–H and O–H groups in total. The van der Waals surface area contributed by atoms with Crippen LogP contribution in [0.5, 0.6) is 5.75 Å². The molecule has 1 saturated heterocycles. The number of ether oxygens (including phenoxy) is 2. The summed E-state index contributed by atoms with van der Waals surface area (Å²) >= 11 is 0. The number of para-hydroxylation sites is 1. The molecule has 0 unspecified atom stereocenters. The number of likely N-dealkylation sites (tertiary alicyclic amines) is 1. The zero-order valence-electron chi connectivity index (χ0n) is 15.4. The smallest absolute Gasteiger partial charge is 0.410 e. The molecule has 1 aromatic carbocycles. The largest absolute Gasteiger partial charge is 0.490 e. The summed E-state index contributed by atoms with van der Waals surface area (Å²) in [4.78, 5) is 14.1. The summed E-state index contributed by atoms with van der Waals surface area (Å²) in [6.07, 6.45) is 3.83. The predicted octanol–water partition coefficient (Wildman–Crippen LogP) is 4.73. The van der Waals surface area contributed by atoms with Crippen molar-refractivity contribution in [2.45, 2.75) is 58.0 Å². The quantitative estimate of drug-likeness (QED) is 0.789. The van der Waals surface area contributed by atoms with Gasteiger partial charge in [-0.3, -0.25) is 0 Å². The molecule has 2 fully saturated rings. The summed E-state index contributed by atoms with van der Waals surface area (Å²) in [6.45, 7) is 7.39. The van der Waals surface area contributed by atoms with Crippen LogP contribution in [0.15, 0.2) is 18.2 Å². The van der Waals surface area contributed by atoms with Crippen LogP contribution in [-0.4, -0.2) is 36.3 Å². The van der Waals surface area contributed by atoms with E-state index in [9.17, 15) is 9.18 Å². The van der Waals surface area contributed by atoms with E-state index in [4.69, 9.17) is 9.47 Å². The Bertz CT molecular complexity index is 622. The second-order valence-corrected chi connectivity index (χ2v) is 8.18.